The van der Waals surface area contributed by atoms with Crippen molar-refractivity contribution in [1.82, 2.24) is 9.55 Å². The summed E-state index contributed by atoms with van der Waals surface area (Å²) in [6, 6.07) is -0.621. The fourth-order valence-electron chi connectivity index (χ4n) is 0.848. The number of nitrogens with zero attached hydrogens (tertiary/aromatic N) is 2. The van der Waals surface area contributed by atoms with Crippen LogP contribution in [0.5, 0.6) is 0 Å². The van der Waals surface area contributed by atoms with Gasteiger partial charge >= 0.3 is 5.97 Å². The molecule has 82 valence electrons. The quantitative estimate of drug-likeness (QED) is 0.770. The van der Waals surface area contributed by atoms with E-state index in [4.69, 9.17) is 5.73 Å². The number of halogens is 2. The number of rotatable bonds is 3. The van der Waals surface area contributed by atoms with E-state index in [0.717, 1.165) is 0 Å². The molecular weight excluding hydrogens is 229 g/mol. The number of hydrogen-bond donors (Lipinski definition) is 1. The molecule has 0 saturated carbocycles. The number of nitrogens with two attached hydrogens (primary N) is 1. The lowest BCUT2D eigenvalue weighted by Gasteiger charge is -2.08. The van der Waals surface area contributed by atoms with Gasteiger partial charge in [-0.3, -0.25) is 4.79 Å². The van der Waals surface area contributed by atoms with Crippen LogP contribution in [0.4, 0.5) is 0 Å². The molecule has 1 aromatic rings. The van der Waals surface area contributed by atoms with Crippen molar-refractivity contribution < 1.29 is 9.53 Å². The topological polar surface area (TPSA) is 70.1 Å². The molecule has 0 radical (unpaired) electrons. The predicted molar refractivity (Wildman–Crippen MR) is 56.7 cm³/mol. The van der Waals surface area contributed by atoms with Gasteiger partial charge in [0.15, 0.2) is 0 Å². The molecular formula is C7H13Cl2N3O2. The summed E-state index contributed by atoms with van der Waals surface area (Å²) in [6.07, 6.45) is 4.97. The third-order valence-corrected chi connectivity index (χ3v) is 1.47. The molecule has 14 heavy (non-hydrogen) atoms. The fourth-order valence-corrected chi connectivity index (χ4v) is 0.848. The molecule has 0 aliphatic heterocycles. The molecule has 1 atom stereocenters. The Morgan fingerprint density at radius 2 is 2.29 bits per heavy atom. The highest BCUT2D eigenvalue weighted by molar-refractivity contribution is 5.85. The number of aromatic nitrogens is 2. The van der Waals surface area contributed by atoms with Gasteiger partial charge in [0.25, 0.3) is 0 Å². The SMILES string of the molecule is COC(=O)C(N)Cn1ccnc1.Cl.Cl. The monoisotopic (exact) mass is 241 g/mol. The molecule has 0 amide bonds. The van der Waals surface area contributed by atoms with Gasteiger partial charge in [0, 0.05) is 18.9 Å². The summed E-state index contributed by atoms with van der Waals surface area (Å²) in [5.41, 5.74) is 5.50. The molecule has 0 bridgehead atoms. The van der Waals surface area contributed by atoms with Crippen molar-refractivity contribution in [2.24, 2.45) is 5.73 Å². The number of carbonyl (C=O) groups is 1. The first-order valence-electron chi connectivity index (χ1n) is 3.53. The maximum absolute atomic E-state index is 10.9. The van der Waals surface area contributed by atoms with E-state index in [1.54, 1.807) is 23.3 Å². The third kappa shape index (κ3) is 4.45. The molecule has 7 heteroatoms. The normalized spacial score (nSPS) is 10.7. The van der Waals surface area contributed by atoms with Crippen LogP contribution in [0, 0.1) is 0 Å². The van der Waals surface area contributed by atoms with Crippen LogP contribution in [0.1, 0.15) is 0 Å². The van der Waals surface area contributed by atoms with Gasteiger partial charge in [-0.25, -0.2) is 4.98 Å². The molecule has 5 nitrogen and oxygen atoms in total. The molecule has 1 unspecified atom stereocenters. The Hall–Kier alpha value is -0.780. The van der Waals surface area contributed by atoms with Crippen LogP contribution in [0.3, 0.4) is 0 Å². The minimum absolute atomic E-state index is 0. The Bertz CT molecular complexity index is 253. The Morgan fingerprint density at radius 3 is 2.71 bits per heavy atom. The van der Waals surface area contributed by atoms with Crippen LogP contribution in [0.25, 0.3) is 0 Å². The summed E-state index contributed by atoms with van der Waals surface area (Å²) in [5, 5.41) is 0. The van der Waals surface area contributed by atoms with Crippen molar-refractivity contribution in [1.29, 1.82) is 0 Å². The summed E-state index contributed by atoms with van der Waals surface area (Å²) in [7, 11) is 1.32. The Labute approximate surface area is 94.5 Å². The summed E-state index contributed by atoms with van der Waals surface area (Å²) < 4.78 is 6.19. The van der Waals surface area contributed by atoms with Crippen molar-refractivity contribution in [2.75, 3.05) is 7.11 Å². The molecule has 1 aromatic heterocycles. The first-order chi connectivity index (χ1) is 5.74. The average Bonchev–Trinajstić information content (AvgIpc) is 2.55. The van der Waals surface area contributed by atoms with E-state index in [1.165, 1.54) is 7.11 Å². The number of hydrogen-bond acceptors (Lipinski definition) is 4. The predicted octanol–water partition coefficient (Wildman–Crippen LogP) is 0.227. The first-order valence-corrected chi connectivity index (χ1v) is 3.53. The first kappa shape index (κ1) is 15.7. The van der Waals surface area contributed by atoms with Crippen molar-refractivity contribution in [2.45, 2.75) is 12.6 Å². The molecule has 0 aliphatic rings. The van der Waals surface area contributed by atoms with Gasteiger partial charge in [0.2, 0.25) is 0 Å². The Balaban J connectivity index is 0. The maximum atomic E-state index is 10.9. The number of ether oxygens (including phenoxy) is 1. The van der Waals surface area contributed by atoms with E-state index >= 15 is 0 Å². The summed E-state index contributed by atoms with van der Waals surface area (Å²) in [5.74, 6) is -0.413. The molecule has 0 aromatic carbocycles. The van der Waals surface area contributed by atoms with Crippen LogP contribution < -0.4 is 5.73 Å². The summed E-state index contributed by atoms with van der Waals surface area (Å²) in [4.78, 5) is 14.7. The van der Waals surface area contributed by atoms with Crippen molar-refractivity contribution in [3.8, 4) is 0 Å². The lowest BCUT2D eigenvalue weighted by Crippen LogP contribution is -2.35. The lowest BCUT2D eigenvalue weighted by atomic mass is 10.3. The maximum Gasteiger partial charge on any atom is 0.324 e. The highest BCUT2D eigenvalue weighted by atomic mass is 35.5. The average molecular weight is 242 g/mol. The zero-order chi connectivity index (χ0) is 8.97. The van der Waals surface area contributed by atoms with Crippen molar-refractivity contribution in [3.05, 3.63) is 18.7 Å². The van der Waals surface area contributed by atoms with Gasteiger partial charge in [-0.15, -0.1) is 24.8 Å². The number of methoxy groups -OCH3 is 1. The highest BCUT2D eigenvalue weighted by Gasteiger charge is 2.13. The zero-order valence-electron chi connectivity index (χ0n) is 7.62. The lowest BCUT2D eigenvalue weighted by molar-refractivity contribution is -0.142. The molecule has 1 heterocycles. The Morgan fingerprint density at radius 1 is 1.64 bits per heavy atom. The number of carbonyl (C=O) groups excluding carboxylic acids is 1. The summed E-state index contributed by atoms with van der Waals surface area (Å²) >= 11 is 0. The van der Waals surface area contributed by atoms with E-state index in [-0.39, 0.29) is 24.8 Å². The second-order valence-corrected chi connectivity index (χ2v) is 2.39. The minimum Gasteiger partial charge on any atom is -0.468 e. The second-order valence-electron chi connectivity index (χ2n) is 2.39. The molecule has 0 saturated heterocycles. The van der Waals surface area contributed by atoms with Crippen LogP contribution in [0.2, 0.25) is 0 Å². The van der Waals surface area contributed by atoms with Crippen LogP contribution in [0.15, 0.2) is 18.7 Å². The van der Waals surface area contributed by atoms with Gasteiger partial charge in [-0.05, 0) is 0 Å². The molecule has 2 N–H and O–H groups in total. The second kappa shape index (κ2) is 7.61. The van der Waals surface area contributed by atoms with Gasteiger partial charge in [0.1, 0.15) is 6.04 Å². The minimum atomic E-state index is -0.621. The Kier molecular flexibility index (Phi) is 8.52. The molecule has 0 fully saturated rings. The summed E-state index contributed by atoms with van der Waals surface area (Å²) in [6.45, 7) is 0.396. The van der Waals surface area contributed by atoms with Crippen LogP contribution >= 0.6 is 24.8 Å². The zero-order valence-corrected chi connectivity index (χ0v) is 9.25. The van der Waals surface area contributed by atoms with E-state index in [2.05, 4.69) is 9.72 Å². The highest BCUT2D eigenvalue weighted by Crippen LogP contribution is 1.91. The van der Waals surface area contributed by atoms with E-state index in [9.17, 15) is 4.79 Å². The molecule has 0 aliphatic carbocycles. The standard InChI is InChI=1S/C7H11N3O2.2ClH/c1-12-7(11)6(8)4-10-3-2-9-5-10;;/h2-3,5-6H,4,8H2,1H3;2*1H. The fraction of sp³-hybridized carbons (Fsp3) is 0.429. The van der Waals surface area contributed by atoms with Crippen molar-refractivity contribution in [3.63, 3.8) is 0 Å². The number of imidazole rings is 1. The van der Waals surface area contributed by atoms with Crippen LogP contribution in [-0.4, -0.2) is 28.7 Å². The van der Waals surface area contributed by atoms with E-state index in [0.29, 0.717) is 6.54 Å². The molecule has 0 spiro atoms. The van der Waals surface area contributed by atoms with Gasteiger partial charge in [-0.1, -0.05) is 0 Å². The van der Waals surface area contributed by atoms with Crippen LogP contribution in [-0.2, 0) is 16.1 Å². The number of esters is 1. The van der Waals surface area contributed by atoms with Crippen molar-refractivity contribution >= 4 is 30.8 Å². The van der Waals surface area contributed by atoms with E-state index in [1.807, 2.05) is 0 Å². The van der Waals surface area contributed by atoms with Gasteiger partial charge in [-0.2, -0.15) is 0 Å². The van der Waals surface area contributed by atoms with Gasteiger partial charge in [0.05, 0.1) is 13.4 Å². The smallest absolute Gasteiger partial charge is 0.324 e. The third-order valence-electron chi connectivity index (χ3n) is 1.47. The largest absolute Gasteiger partial charge is 0.468 e. The molecule has 1 rings (SSSR count). The van der Waals surface area contributed by atoms with Gasteiger partial charge < -0.3 is 15.0 Å². The van der Waals surface area contributed by atoms with E-state index < -0.39 is 12.0 Å².